The lowest BCUT2D eigenvalue weighted by Crippen LogP contribution is -2.03. The molecule has 0 aliphatic carbocycles. The van der Waals surface area contributed by atoms with Crippen LogP contribution in [0.15, 0.2) is 12.7 Å². The van der Waals surface area contributed by atoms with E-state index in [4.69, 9.17) is 5.73 Å². The van der Waals surface area contributed by atoms with E-state index in [1.807, 2.05) is 24.8 Å². The van der Waals surface area contributed by atoms with Gasteiger partial charge >= 0.3 is 0 Å². The second-order valence-electron chi connectivity index (χ2n) is 2.81. The Hall–Kier alpha value is -0.680. The molecular weight excluding hydrogens is 214 g/mol. The first-order valence-corrected chi connectivity index (χ1v) is 6.32. The van der Waals surface area contributed by atoms with Crippen molar-refractivity contribution in [2.45, 2.75) is 6.92 Å². The van der Waals surface area contributed by atoms with Crippen LogP contribution in [0.25, 0.3) is 0 Å². The number of nitrogens with zero attached hydrogens (tertiary/aromatic N) is 1. The van der Waals surface area contributed by atoms with Gasteiger partial charge in [-0.25, -0.2) is 0 Å². The van der Waals surface area contributed by atoms with E-state index in [0.717, 1.165) is 28.6 Å². The first kappa shape index (κ1) is 11.4. The maximum absolute atomic E-state index is 5.63. The first-order valence-electron chi connectivity index (χ1n) is 4.40. The van der Waals surface area contributed by atoms with Gasteiger partial charge in [-0.05, 0) is 18.5 Å². The van der Waals surface area contributed by atoms with Gasteiger partial charge in [0.05, 0.1) is 0 Å². The van der Waals surface area contributed by atoms with E-state index in [2.05, 4.69) is 16.3 Å². The number of nitrogens with two attached hydrogens (primary N) is 1. The average Bonchev–Trinajstić information content (AvgIpc) is 2.49. The monoisotopic (exact) mass is 229 g/mol. The van der Waals surface area contributed by atoms with Gasteiger partial charge in [0.1, 0.15) is 10.8 Å². The van der Waals surface area contributed by atoms with E-state index in [1.54, 1.807) is 0 Å². The molecule has 0 saturated heterocycles. The van der Waals surface area contributed by atoms with Crippen molar-refractivity contribution < 1.29 is 0 Å². The van der Waals surface area contributed by atoms with Crippen LogP contribution in [0.2, 0.25) is 0 Å². The minimum Gasteiger partial charge on any atom is -0.383 e. The van der Waals surface area contributed by atoms with Crippen molar-refractivity contribution in [3.8, 4) is 0 Å². The molecule has 0 unspecified atom stereocenters. The number of nitrogen functional groups attached to an aromatic ring is 1. The molecule has 78 valence electrons. The first-order chi connectivity index (χ1) is 6.75. The molecule has 0 aromatic carbocycles. The Bertz CT molecular complexity index is 296. The summed E-state index contributed by atoms with van der Waals surface area (Å²) in [4.78, 5) is 0. The van der Waals surface area contributed by atoms with E-state index in [0.29, 0.717) is 5.82 Å². The van der Waals surface area contributed by atoms with Crippen molar-refractivity contribution in [3.05, 3.63) is 18.2 Å². The molecule has 0 spiro atoms. The number of thioether (sulfide) groups is 1. The third-order valence-electron chi connectivity index (χ3n) is 1.73. The highest BCUT2D eigenvalue weighted by molar-refractivity contribution is 7.99. The molecule has 1 aromatic rings. The van der Waals surface area contributed by atoms with Crippen LogP contribution in [-0.2, 0) is 0 Å². The highest BCUT2D eigenvalue weighted by Crippen LogP contribution is 2.24. The third kappa shape index (κ3) is 3.23. The van der Waals surface area contributed by atoms with Gasteiger partial charge in [0, 0.05) is 23.6 Å². The van der Waals surface area contributed by atoms with E-state index in [1.165, 1.54) is 11.5 Å². The second-order valence-corrected chi connectivity index (χ2v) is 4.74. The zero-order valence-corrected chi connectivity index (χ0v) is 9.88. The Morgan fingerprint density at radius 2 is 2.50 bits per heavy atom. The van der Waals surface area contributed by atoms with Crippen LogP contribution in [0, 0.1) is 6.92 Å². The summed E-state index contributed by atoms with van der Waals surface area (Å²) in [6.45, 7) is 6.60. The van der Waals surface area contributed by atoms with Crippen molar-refractivity contribution >= 4 is 34.1 Å². The molecule has 3 N–H and O–H groups in total. The van der Waals surface area contributed by atoms with E-state index < -0.39 is 0 Å². The van der Waals surface area contributed by atoms with Crippen molar-refractivity contribution in [3.63, 3.8) is 0 Å². The predicted molar refractivity (Wildman–Crippen MR) is 67.3 cm³/mol. The summed E-state index contributed by atoms with van der Waals surface area (Å²) in [7, 11) is 0. The van der Waals surface area contributed by atoms with Gasteiger partial charge in [-0.1, -0.05) is 6.08 Å². The van der Waals surface area contributed by atoms with Crippen LogP contribution in [0.3, 0.4) is 0 Å². The quantitative estimate of drug-likeness (QED) is 0.581. The van der Waals surface area contributed by atoms with Gasteiger partial charge in [0.15, 0.2) is 0 Å². The zero-order chi connectivity index (χ0) is 10.4. The van der Waals surface area contributed by atoms with E-state index >= 15 is 0 Å². The fourth-order valence-electron chi connectivity index (χ4n) is 0.916. The molecular formula is C9H15N3S2. The largest absolute Gasteiger partial charge is 0.383 e. The molecule has 0 aliphatic rings. The van der Waals surface area contributed by atoms with Gasteiger partial charge < -0.3 is 11.1 Å². The maximum atomic E-state index is 5.63. The smallest absolute Gasteiger partial charge is 0.142 e. The van der Waals surface area contributed by atoms with Crippen molar-refractivity contribution in [1.82, 2.24) is 4.37 Å². The minimum atomic E-state index is 0.635. The number of hydrogen-bond acceptors (Lipinski definition) is 5. The molecule has 0 atom stereocenters. The third-order valence-corrected chi connectivity index (χ3v) is 3.61. The van der Waals surface area contributed by atoms with Crippen LogP contribution < -0.4 is 11.1 Å². The number of hydrogen-bond donors (Lipinski definition) is 2. The van der Waals surface area contributed by atoms with Gasteiger partial charge in [0.2, 0.25) is 0 Å². The molecule has 0 aliphatic heterocycles. The van der Waals surface area contributed by atoms with Crippen molar-refractivity contribution in [2.75, 3.05) is 29.1 Å². The standard InChI is InChI=1S/C9H15N3S2/c1-3-5-13-6-4-11-9-7(2)8(10)12-14-9/h3,11H,1,4-6H2,2H3,(H2,10,12). The molecule has 0 bridgehead atoms. The molecule has 5 heteroatoms. The molecule has 14 heavy (non-hydrogen) atoms. The van der Waals surface area contributed by atoms with E-state index in [-0.39, 0.29) is 0 Å². The molecule has 1 rings (SSSR count). The fourth-order valence-corrected chi connectivity index (χ4v) is 2.23. The fraction of sp³-hybridized carbons (Fsp3) is 0.444. The van der Waals surface area contributed by atoms with E-state index in [9.17, 15) is 0 Å². The van der Waals surface area contributed by atoms with Gasteiger partial charge in [0.25, 0.3) is 0 Å². The number of nitrogens with one attached hydrogen (secondary N) is 1. The van der Waals surface area contributed by atoms with Crippen LogP contribution in [0.5, 0.6) is 0 Å². The Kier molecular flexibility index (Phi) is 4.82. The van der Waals surface area contributed by atoms with Crippen LogP contribution in [0.4, 0.5) is 10.8 Å². The normalized spacial score (nSPS) is 10.1. The van der Waals surface area contributed by atoms with Crippen LogP contribution in [0.1, 0.15) is 5.56 Å². The van der Waals surface area contributed by atoms with Gasteiger partial charge in [-0.2, -0.15) is 16.1 Å². The summed E-state index contributed by atoms with van der Waals surface area (Å²) in [5, 5.41) is 4.40. The number of rotatable bonds is 6. The van der Waals surface area contributed by atoms with Gasteiger partial charge in [-0.15, -0.1) is 6.58 Å². The Balaban J connectivity index is 2.24. The average molecular weight is 229 g/mol. The Morgan fingerprint density at radius 1 is 1.71 bits per heavy atom. The van der Waals surface area contributed by atoms with Crippen LogP contribution in [-0.4, -0.2) is 22.4 Å². The molecule has 3 nitrogen and oxygen atoms in total. The Labute approximate surface area is 92.9 Å². The molecule has 1 heterocycles. The zero-order valence-electron chi connectivity index (χ0n) is 8.25. The summed E-state index contributed by atoms with van der Waals surface area (Å²) in [6.07, 6.45) is 1.92. The summed E-state index contributed by atoms with van der Waals surface area (Å²) >= 11 is 3.28. The van der Waals surface area contributed by atoms with Crippen molar-refractivity contribution in [2.24, 2.45) is 0 Å². The molecule has 0 amide bonds. The summed E-state index contributed by atoms with van der Waals surface area (Å²) in [6, 6.07) is 0. The lowest BCUT2D eigenvalue weighted by atomic mass is 10.3. The Morgan fingerprint density at radius 3 is 3.07 bits per heavy atom. The van der Waals surface area contributed by atoms with Gasteiger partial charge in [-0.3, -0.25) is 0 Å². The highest BCUT2D eigenvalue weighted by Gasteiger charge is 2.04. The maximum Gasteiger partial charge on any atom is 0.142 e. The predicted octanol–water partition coefficient (Wildman–Crippen LogP) is 2.36. The number of anilines is 2. The molecule has 0 saturated carbocycles. The number of aromatic nitrogens is 1. The summed E-state index contributed by atoms with van der Waals surface area (Å²) in [5.74, 6) is 2.71. The highest BCUT2D eigenvalue weighted by atomic mass is 32.2. The summed E-state index contributed by atoms with van der Waals surface area (Å²) < 4.78 is 4.07. The minimum absolute atomic E-state index is 0.635. The lowest BCUT2D eigenvalue weighted by Gasteiger charge is -2.02. The second kappa shape index (κ2) is 5.93. The van der Waals surface area contributed by atoms with Crippen LogP contribution >= 0.6 is 23.3 Å². The summed E-state index contributed by atoms with van der Waals surface area (Å²) in [5.41, 5.74) is 6.69. The topological polar surface area (TPSA) is 50.9 Å². The molecule has 1 aromatic heterocycles. The SMILES string of the molecule is C=CCSCCNc1snc(N)c1C. The lowest BCUT2D eigenvalue weighted by molar-refractivity contribution is 1.23. The molecule has 0 radical (unpaired) electrons. The molecule has 0 fully saturated rings. The van der Waals surface area contributed by atoms with Crippen molar-refractivity contribution in [1.29, 1.82) is 0 Å².